The highest BCUT2D eigenvalue weighted by Gasteiger charge is 2.41. The van der Waals surface area contributed by atoms with Crippen molar-refractivity contribution in [3.63, 3.8) is 0 Å². The summed E-state index contributed by atoms with van der Waals surface area (Å²) in [5.41, 5.74) is 3.86. The molecule has 0 N–H and O–H groups in total. The standard InChI is InChI=1S/C23H24N2O6S/c1-6-31-22(28)16-7-9-18(10-8-16)24-13(2)11-17(14(24)3)12-19-20(26)25(23(29)32-19)15(4)21(27)30-5/h7-12,15H,6H2,1-5H3/b19-12+/t15-/m1/s1. The van der Waals surface area contributed by atoms with E-state index in [0.717, 1.165) is 39.3 Å². The SMILES string of the molecule is CCOC(=O)c1ccc(-n2c(C)cc(/C=C3/SC(=O)N([C@H](C)C(=O)OC)C3=O)c2C)cc1. The number of benzene rings is 1. The van der Waals surface area contributed by atoms with E-state index >= 15 is 0 Å². The van der Waals surface area contributed by atoms with Crippen molar-refractivity contribution >= 4 is 40.9 Å². The summed E-state index contributed by atoms with van der Waals surface area (Å²) in [5.74, 6) is -1.56. The van der Waals surface area contributed by atoms with Crippen LogP contribution >= 0.6 is 11.8 Å². The van der Waals surface area contributed by atoms with Crippen molar-refractivity contribution in [3.8, 4) is 5.69 Å². The molecule has 9 heteroatoms. The number of methoxy groups -OCH3 is 1. The molecule has 1 fully saturated rings. The normalized spacial score (nSPS) is 15.9. The van der Waals surface area contributed by atoms with Crippen LogP contribution < -0.4 is 0 Å². The van der Waals surface area contributed by atoms with Crippen LogP contribution in [0.1, 0.15) is 41.2 Å². The van der Waals surface area contributed by atoms with Gasteiger partial charge in [-0.25, -0.2) is 9.59 Å². The molecule has 2 aromatic rings. The summed E-state index contributed by atoms with van der Waals surface area (Å²) in [6.45, 7) is 7.35. The number of nitrogens with zero attached hydrogens (tertiary/aromatic N) is 2. The second kappa shape index (κ2) is 9.44. The Bertz CT molecular complexity index is 1120. The predicted molar refractivity (Wildman–Crippen MR) is 120 cm³/mol. The number of hydrogen-bond acceptors (Lipinski definition) is 7. The minimum atomic E-state index is -0.997. The van der Waals surface area contributed by atoms with E-state index in [9.17, 15) is 19.2 Å². The van der Waals surface area contributed by atoms with Gasteiger partial charge in [0.1, 0.15) is 6.04 Å². The van der Waals surface area contributed by atoms with Crippen LogP contribution in [0.4, 0.5) is 4.79 Å². The first-order valence-electron chi connectivity index (χ1n) is 10.0. The Labute approximate surface area is 190 Å². The van der Waals surface area contributed by atoms with Crippen molar-refractivity contribution in [2.24, 2.45) is 0 Å². The summed E-state index contributed by atoms with van der Waals surface area (Å²) in [4.78, 5) is 49.9. The molecule has 32 heavy (non-hydrogen) atoms. The first-order chi connectivity index (χ1) is 15.2. The van der Waals surface area contributed by atoms with Gasteiger partial charge in [-0.2, -0.15) is 0 Å². The third kappa shape index (κ3) is 4.34. The first-order valence-corrected chi connectivity index (χ1v) is 10.8. The van der Waals surface area contributed by atoms with E-state index < -0.39 is 23.2 Å². The zero-order valence-electron chi connectivity index (χ0n) is 18.5. The maximum atomic E-state index is 12.8. The topological polar surface area (TPSA) is 94.9 Å². The van der Waals surface area contributed by atoms with Gasteiger partial charge in [0.2, 0.25) is 0 Å². The van der Waals surface area contributed by atoms with E-state index in [4.69, 9.17) is 4.74 Å². The third-order valence-electron chi connectivity index (χ3n) is 5.15. The van der Waals surface area contributed by atoms with E-state index in [0.29, 0.717) is 12.2 Å². The molecular weight excluding hydrogens is 432 g/mol. The molecule has 0 radical (unpaired) electrons. The number of esters is 2. The first kappa shape index (κ1) is 23.3. The number of thioether (sulfide) groups is 1. The maximum absolute atomic E-state index is 12.8. The van der Waals surface area contributed by atoms with Crippen LogP contribution in [0.25, 0.3) is 11.8 Å². The molecule has 2 amide bonds. The molecule has 1 aliphatic heterocycles. The molecule has 0 bridgehead atoms. The summed E-state index contributed by atoms with van der Waals surface area (Å²) in [6, 6.07) is 7.95. The van der Waals surface area contributed by atoms with Crippen molar-refractivity contribution in [3.05, 3.63) is 57.8 Å². The molecule has 0 saturated carbocycles. The lowest BCUT2D eigenvalue weighted by Crippen LogP contribution is -2.42. The zero-order valence-corrected chi connectivity index (χ0v) is 19.3. The van der Waals surface area contributed by atoms with Crippen molar-refractivity contribution in [1.82, 2.24) is 9.47 Å². The fourth-order valence-electron chi connectivity index (χ4n) is 3.52. The smallest absolute Gasteiger partial charge is 0.338 e. The quantitative estimate of drug-likeness (QED) is 0.481. The molecule has 0 aliphatic carbocycles. The number of rotatable bonds is 6. The Balaban J connectivity index is 1.90. The Morgan fingerprint density at radius 3 is 2.41 bits per heavy atom. The molecule has 1 saturated heterocycles. The number of hydrogen-bond donors (Lipinski definition) is 0. The fourth-order valence-corrected chi connectivity index (χ4v) is 4.42. The number of aryl methyl sites for hydroxylation is 1. The average Bonchev–Trinajstić information content (AvgIpc) is 3.21. The van der Waals surface area contributed by atoms with Gasteiger partial charge in [0.05, 0.1) is 24.2 Å². The highest BCUT2D eigenvalue weighted by molar-refractivity contribution is 8.18. The minimum absolute atomic E-state index is 0.240. The van der Waals surface area contributed by atoms with E-state index in [-0.39, 0.29) is 10.9 Å². The largest absolute Gasteiger partial charge is 0.467 e. The lowest BCUT2D eigenvalue weighted by Gasteiger charge is -2.18. The second-order valence-corrected chi connectivity index (χ2v) is 8.17. The van der Waals surface area contributed by atoms with Crippen molar-refractivity contribution in [2.45, 2.75) is 33.7 Å². The number of amides is 2. The summed E-state index contributed by atoms with van der Waals surface area (Å²) in [5, 5.41) is -0.512. The van der Waals surface area contributed by atoms with Crippen LogP contribution in [-0.2, 0) is 19.1 Å². The summed E-state index contributed by atoms with van der Waals surface area (Å²) < 4.78 is 11.7. The highest BCUT2D eigenvalue weighted by Crippen LogP contribution is 2.35. The Kier molecular flexibility index (Phi) is 6.88. The van der Waals surface area contributed by atoms with E-state index in [2.05, 4.69) is 4.74 Å². The molecular formula is C23H24N2O6S. The maximum Gasteiger partial charge on any atom is 0.338 e. The van der Waals surface area contributed by atoms with Gasteiger partial charge >= 0.3 is 11.9 Å². The Morgan fingerprint density at radius 2 is 1.81 bits per heavy atom. The molecule has 1 atom stereocenters. The van der Waals surface area contributed by atoms with Gasteiger partial charge in [-0.3, -0.25) is 14.5 Å². The lowest BCUT2D eigenvalue weighted by molar-refractivity contribution is -0.148. The van der Waals surface area contributed by atoms with Gasteiger partial charge in [0.15, 0.2) is 0 Å². The molecule has 1 aromatic carbocycles. The molecule has 0 spiro atoms. The molecule has 168 valence electrons. The number of carbonyl (C=O) groups excluding carboxylic acids is 4. The van der Waals surface area contributed by atoms with Crippen LogP contribution in [0.15, 0.2) is 35.2 Å². The van der Waals surface area contributed by atoms with Crippen LogP contribution in [0.2, 0.25) is 0 Å². The van der Waals surface area contributed by atoms with E-state index in [1.54, 1.807) is 25.1 Å². The van der Waals surface area contributed by atoms with Gasteiger partial charge in [-0.15, -0.1) is 0 Å². The summed E-state index contributed by atoms with van der Waals surface area (Å²) in [6.07, 6.45) is 1.65. The van der Waals surface area contributed by atoms with Gasteiger partial charge in [0, 0.05) is 17.1 Å². The van der Waals surface area contributed by atoms with E-state index in [1.807, 2.05) is 36.6 Å². The minimum Gasteiger partial charge on any atom is -0.467 e. The Morgan fingerprint density at radius 1 is 1.16 bits per heavy atom. The fraction of sp³-hybridized carbons (Fsp3) is 0.304. The van der Waals surface area contributed by atoms with Crippen molar-refractivity contribution in [2.75, 3.05) is 13.7 Å². The third-order valence-corrected chi connectivity index (χ3v) is 6.03. The second-order valence-electron chi connectivity index (χ2n) is 7.18. The number of ether oxygens (including phenoxy) is 2. The monoisotopic (exact) mass is 456 g/mol. The highest BCUT2D eigenvalue weighted by atomic mass is 32.2. The molecule has 1 aromatic heterocycles. The molecule has 1 aliphatic rings. The number of carbonyl (C=O) groups is 4. The van der Waals surface area contributed by atoms with Crippen LogP contribution in [0.3, 0.4) is 0 Å². The van der Waals surface area contributed by atoms with Crippen LogP contribution in [0, 0.1) is 13.8 Å². The number of imide groups is 1. The number of aromatic nitrogens is 1. The van der Waals surface area contributed by atoms with Crippen LogP contribution in [-0.4, -0.2) is 52.3 Å². The molecule has 2 heterocycles. The summed E-state index contributed by atoms with van der Waals surface area (Å²) in [7, 11) is 1.21. The zero-order chi connectivity index (χ0) is 23.6. The van der Waals surface area contributed by atoms with Crippen molar-refractivity contribution in [1.29, 1.82) is 0 Å². The van der Waals surface area contributed by atoms with Crippen LogP contribution in [0.5, 0.6) is 0 Å². The Hall–Kier alpha value is -3.33. The van der Waals surface area contributed by atoms with Crippen molar-refractivity contribution < 1.29 is 28.7 Å². The lowest BCUT2D eigenvalue weighted by atomic mass is 10.2. The predicted octanol–water partition coefficient (Wildman–Crippen LogP) is 3.87. The molecule has 8 nitrogen and oxygen atoms in total. The molecule has 3 rings (SSSR count). The van der Waals surface area contributed by atoms with Gasteiger partial charge in [-0.1, -0.05) is 0 Å². The van der Waals surface area contributed by atoms with Gasteiger partial charge in [0.25, 0.3) is 11.1 Å². The van der Waals surface area contributed by atoms with Gasteiger partial charge < -0.3 is 14.0 Å². The summed E-state index contributed by atoms with van der Waals surface area (Å²) >= 11 is 0.792. The van der Waals surface area contributed by atoms with Gasteiger partial charge in [-0.05, 0) is 81.4 Å². The van der Waals surface area contributed by atoms with E-state index in [1.165, 1.54) is 14.0 Å². The molecule has 0 unspecified atom stereocenters. The average molecular weight is 457 g/mol.